The van der Waals surface area contributed by atoms with E-state index in [4.69, 9.17) is 14.3 Å². The van der Waals surface area contributed by atoms with Gasteiger partial charge < -0.3 is 14.3 Å². The molecule has 1 atom stereocenters. The molecule has 0 radical (unpaired) electrons. The Labute approximate surface area is 109 Å². The zero-order valence-electron chi connectivity index (χ0n) is 10.1. The summed E-state index contributed by atoms with van der Waals surface area (Å²) >= 11 is 0. The standard InChI is InChI=1S/C13H12N2O4/c16-13(17)9-5-2-1-4-8(9)11-14-15-12(19-11)10-6-3-7-18-10/h1-2,4-5,10H,3,6-7H2,(H,16,17). The minimum absolute atomic E-state index is 0.144. The van der Waals surface area contributed by atoms with Crippen molar-refractivity contribution >= 4 is 5.97 Å². The molecular weight excluding hydrogens is 248 g/mol. The highest BCUT2D eigenvalue weighted by molar-refractivity contribution is 5.94. The van der Waals surface area contributed by atoms with E-state index in [0.717, 1.165) is 12.8 Å². The van der Waals surface area contributed by atoms with Gasteiger partial charge in [0.15, 0.2) is 0 Å². The number of hydrogen-bond acceptors (Lipinski definition) is 5. The Morgan fingerprint density at radius 2 is 2.16 bits per heavy atom. The van der Waals surface area contributed by atoms with Crippen LogP contribution in [0, 0.1) is 0 Å². The van der Waals surface area contributed by atoms with Crippen molar-refractivity contribution in [3.05, 3.63) is 35.7 Å². The lowest BCUT2D eigenvalue weighted by atomic mass is 10.1. The molecule has 1 N–H and O–H groups in total. The van der Waals surface area contributed by atoms with Crippen LogP contribution in [-0.2, 0) is 4.74 Å². The van der Waals surface area contributed by atoms with Gasteiger partial charge in [-0.1, -0.05) is 12.1 Å². The summed E-state index contributed by atoms with van der Waals surface area (Å²) in [5, 5.41) is 17.0. The van der Waals surface area contributed by atoms with Crippen molar-refractivity contribution in [3.8, 4) is 11.5 Å². The zero-order valence-corrected chi connectivity index (χ0v) is 10.1. The van der Waals surface area contributed by atoms with Crippen LogP contribution >= 0.6 is 0 Å². The highest BCUT2D eigenvalue weighted by Gasteiger charge is 2.25. The van der Waals surface area contributed by atoms with Gasteiger partial charge in [0.2, 0.25) is 11.8 Å². The number of aromatic carboxylic acids is 1. The lowest BCUT2D eigenvalue weighted by Crippen LogP contribution is -1.99. The monoisotopic (exact) mass is 260 g/mol. The van der Waals surface area contributed by atoms with Gasteiger partial charge >= 0.3 is 5.97 Å². The molecule has 3 rings (SSSR count). The largest absolute Gasteiger partial charge is 0.478 e. The van der Waals surface area contributed by atoms with Gasteiger partial charge in [-0.2, -0.15) is 0 Å². The Kier molecular flexibility index (Phi) is 3.00. The average Bonchev–Trinajstić information content (AvgIpc) is 3.09. The predicted molar refractivity (Wildman–Crippen MR) is 64.6 cm³/mol. The molecule has 1 aliphatic rings. The second kappa shape index (κ2) is 4.81. The number of ether oxygens (including phenoxy) is 1. The summed E-state index contributed by atoms with van der Waals surface area (Å²) in [7, 11) is 0. The summed E-state index contributed by atoms with van der Waals surface area (Å²) in [4.78, 5) is 11.1. The minimum atomic E-state index is -1.02. The van der Waals surface area contributed by atoms with Crippen LogP contribution in [0.2, 0.25) is 0 Å². The van der Waals surface area contributed by atoms with E-state index < -0.39 is 5.97 Å². The summed E-state index contributed by atoms with van der Waals surface area (Å²) in [6.07, 6.45) is 1.65. The SMILES string of the molecule is O=C(O)c1ccccc1-c1nnc(C2CCCO2)o1. The van der Waals surface area contributed by atoms with Crippen molar-refractivity contribution in [2.24, 2.45) is 0 Å². The van der Waals surface area contributed by atoms with Crippen molar-refractivity contribution in [1.29, 1.82) is 0 Å². The van der Waals surface area contributed by atoms with Gasteiger partial charge in [0.25, 0.3) is 0 Å². The van der Waals surface area contributed by atoms with Gasteiger partial charge in [0.1, 0.15) is 6.10 Å². The predicted octanol–water partition coefficient (Wildman–Crippen LogP) is 2.29. The summed E-state index contributed by atoms with van der Waals surface area (Å²) in [5.74, 6) is -0.399. The molecule has 19 heavy (non-hydrogen) atoms. The van der Waals surface area contributed by atoms with Crippen LogP contribution in [0.25, 0.3) is 11.5 Å². The molecule has 6 nitrogen and oxygen atoms in total. The molecule has 0 aliphatic carbocycles. The number of aromatic nitrogens is 2. The van der Waals surface area contributed by atoms with Gasteiger partial charge in [0, 0.05) is 6.61 Å². The van der Waals surface area contributed by atoms with E-state index in [2.05, 4.69) is 10.2 Å². The minimum Gasteiger partial charge on any atom is -0.478 e. The number of carboxylic acid groups (broad SMARTS) is 1. The summed E-state index contributed by atoms with van der Waals surface area (Å²) < 4.78 is 11.0. The van der Waals surface area contributed by atoms with Gasteiger partial charge in [0.05, 0.1) is 11.1 Å². The van der Waals surface area contributed by atoms with E-state index in [9.17, 15) is 4.79 Å². The molecule has 1 saturated heterocycles. The maximum atomic E-state index is 11.1. The second-order valence-electron chi connectivity index (χ2n) is 4.30. The lowest BCUT2D eigenvalue weighted by Gasteiger charge is -2.02. The topological polar surface area (TPSA) is 85.5 Å². The van der Waals surface area contributed by atoms with Crippen LogP contribution in [0.5, 0.6) is 0 Å². The van der Waals surface area contributed by atoms with Crippen molar-refractivity contribution in [2.45, 2.75) is 18.9 Å². The quantitative estimate of drug-likeness (QED) is 0.911. The molecule has 2 aromatic rings. The third-order valence-electron chi connectivity index (χ3n) is 3.03. The molecule has 1 aromatic heterocycles. The molecule has 1 unspecified atom stereocenters. The summed E-state index contributed by atoms with van der Waals surface area (Å²) in [5.41, 5.74) is 0.566. The highest BCUT2D eigenvalue weighted by Crippen LogP contribution is 2.30. The number of benzene rings is 1. The first-order chi connectivity index (χ1) is 9.25. The van der Waals surface area contributed by atoms with Crippen molar-refractivity contribution in [1.82, 2.24) is 10.2 Å². The Morgan fingerprint density at radius 3 is 2.89 bits per heavy atom. The van der Waals surface area contributed by atoms with Crippen LogP contribution in [0.1, 0.15) is 35.2 Å². The Morgan fingerprint density at radius 1 is 1.32 bits per heavy atom. The van der Waals surface area contributed by atoms with E-state index in [0.29, 0.717) is 18.1 Å². The van der Waals surface area contributed by atoms with Crippen LogP contribution in [0.15, 0.2) is 28.7 Å². The molecule has 0 saturated carbocycles. The van der Waals surface area contributed by atoms with Gasteiger partial charge in [-0.05, 0) is 25.0 Å². The van der Waals surface area contributed by atoms with E-state index in [1.807, 2.05) is 0 Å². The fourth-order valence-electron chi connectivity index (χ4n) is 2.10. The Bertz CT molecular complexity index is 602. The number of hydrogen-bond donors (Lipinski definition) is 1. The van der Waals surface area contributed by atoms with E-state index in [1.54, 1.807) is 18.2 Å². The average molecular weight is 260 g/mol. The smallest absolute Gasteiger partial charge is 0.336 e. The van der Waals surface area contributed by atoms with Crippen LogP contribution in [0.3, 0.4) is 0 Å². The third kappa shape index (κ3) is 2.22. The molecule has 0 amide bonds. The summed E-state index contributed by atoms with van der Waals surface area (Å²) in [6, 6.07) is 6.55. The molecule has 98 valence electrons. The highest BCUT2D eigenvalue weighted by atomic mass is 16.5. The number of carbonyl (C=O) groups is 1. The molecule has 1 aromatic carbocycles. The second-order valence-corrected chi connectivity index (χ2v) is 4.30. The number of nitrogens with zero attached hydrogens (tertiary/aromatic N) is 2. The summed E-state index contributed by atoms with van der Waals surface area (Å²) in [6.45, 7) is 0.689. The van der Waals surface area contributed by atoms with Crippen LogP contribution < -0.4 is 0 Å². The Balaban J connectivity index is 1.96. The molecule has 1 aliphatic heterocycles. The normalized spacial score (nSPS) is 18.6. The van der Waals surface area contributed by atoms with Crippen LogP contribution in [-0.4, -0.2) is 27.9 Å². The van der Waals surface area contributed by atoms with Crippen molar-refractivity contribution in [3.63, 3.8) is 0 Å². The zero-order chi connectivity index (χ0) is 13.2. The fraction of sp³-hybridized carbons (Fsp3) is 0.308. The third-order valence-corrected chi connectivity index (χ3v) is 3.03. The van der Waals surface area contributed by atoms with E-state index >= 15 is 0 Å². The first-order valence-electron chi connectivity index (χ1n) is 6.03. The van der Waals surface area contributed by atoms with Crippen molar-refractivity contribution in [2.75, 3.05) is 6.61 Å². The lowest BCUT2D eigenvalue weighted by molar-refractivity contribution is 0.0697. The molecule has 6 heteroatoms. The maximum absolute atomic E-state index is 11.1. The molecule has 0 bridgehead atoms. The first kappa shape index (κ1) is 11.9. The van der Waals surface area contributed by atoms with Gasteiger partial charge in [-0.25, -0.2) is 4.79 Å². The molecule has 1 fully saturated rings. The maximum Gasteiger partial charge on any atom is 0.336 e. The van der Waals surface area contributed by atoms with E-state index in [1.165, 1.54) is 6.07 Å². The number of rotatable bonds is 3. The Hall–Kier alpha value is -2.21. The van der Waals surface area contributed by atoms with Gasteiger partial charge in [-0.3, -0.25) is 0 Å². The molecule has 2 heterocycles. The molecular formula is C13H12N2O4. The van der Waals surface area contributed by atoms with Crippen molar-refractivity contribution < 1.29 is 19.1 Å². The first-order valence-corrected chi connectivity index (χ1v) is 6.03. The van der Waals surface area contributed by atoms with E-state index in [-0.39, 0.29) is 17.6 Å². The fourth-order valence-corrected chi connectivity index (χ4v) is 2.10. The van der Waals surface area contributed by atoms with Gasteiger partial charge in [-0.15, -0.1) is 10.2 Å². The van der Waals surface area contributed by atoms with Crippen LogP contribution in [0.4, 0.5) is 0 Å². The molecule has 0 spiro atoms. The number of carboxylic acids is 1.